The van der Waals surface area contributed by atoms with Crippen LogP contribution in [0.3, 0.4) is 0 Å². The maximum atomic E-state index is 14.3. The van der Waals surface area contributed by atoms with Gasteiger partial charge in [0.05, 0.1) is 0 Å². The fraction of sp³-hybridized carbons (Fsp3) is 0.710. The highest BCUT2D eigenvalue weighted by atomic mass is 19.4. The van der Waals surface area contributed by atoms with E-state index in [9.17, 15) is 107 Å². The lowest BCUT2D eigenvalue weighted by Gasteiger charge is -2.35. The summed E-state index contributed by atoms with van der Waals surface area (Å²) in [6, 6.07) is 0. The molecule has 0 aromatic carbocycles. The van der Waals surface area contributed by atoms with Gasteiger partial charge in [-0.05, 0) is 0 Å². The van der Waals surface area contributed by atoms with E-state index in [0.717, 1.165) is 62.3 Å². The van der Waals surface area contributed by atoms with Crippen LogP contribution in [0.25, 0.3) is 0 Å². The van der Waals surface area contributed by atoms with Crippen LogP contribution < -0.4 is 0 Å². The summed E-state index contributed by atoms with van der Waals surface area (Å²) in [6.45, 7) is 3.29. The number of ether oxygens (including phenoxy) is 3. The Morgan fingerprint density at radius 2 is 0.500 bits per heavy atom. The first-order valence-electron chi connectivity index (χ1n) is 15.1. The summed E-state index contributed by atoms with van der Waals surface area (Å²) in [7, 11) is 0. The quantitative estimate of drug-likeness (QED) is 0.0705. The predicted molar refractivity (Wildman–Crippen MR) is 153 cm³/mol. The summed E-state index contributed by atoms with van der Waals surface area (Å²) in [5, 5.41) is 0. The molecule has 0 bridgehead atoms. The summed E-state index contributed by atoms with van der Waals surface area (Å²) in [5.41, 5.74) is -6.63. The Hall–Kier alpha value is -3.84. The highest BCUT2D eigenvalue weighted by Gasteiger charge is 2.77. The van der Waals surface area contributed by atoms with Gasteiger partial charge in [-0.3, -0.25) is 14.4 Å². The minimum atomic E-state index is -7.15. The fourth-order valence-corrected chi connectivity index (χ4v) is 3.29. The lowest BCUT2D eigenvalue weighted by molar-refractivity contribution is -0.342. The summed E-state index contributed by atoms with van der Waals surface area (Å²) in [6.07, 6.45) is -23.9. The zero-order valence-corrected chi connectivity index (χ0v) is 30.7. The number of halogens is 21. The third kappa shape index (κ3) is 11.2. The highest BCUT2D eigenvalue weighted by molar-refractivity contribution is 5.98. The molecule has 0 aromatic rings. The Morgan fingerprint density at radius 3 is 0.621 bits per heavy atom. The Balaban J connectivity index is 8.16. The SMILES string of the molecule is CC(C)(C)/C(=C/C(=O)C(F)(F)C(F)(F)C(F)(F)F)OC(O/C(=C\C(=O)C(F)(F)C(F)(F)C(F)(F)F)C(C)(C)C)O/C(=C/C(=O)C(F)(F)C(F)(F)C(F)(F)F)C(C)(C)C. The van der Waals surface area contributed by atoms with Crippen LogP contribution in [0.1, 0.15) is 62.3 Å². The van der Waals surface area contributed by atoms with E-state index < -0.39 is 130 Å². The normalized spacial score (nSPS) is 16.6. The number of hydrogen-bond donors (Lipinski definition) is 0. The van der Waals surface area contributed by atoms with Crippen LogP contribution >= 0.6 is 0 Å². The Morgan fingerprint density at radius 1 is 0.345 bits per heavy atom. The van der Waals surface area contributed by atoms with Crippen LogP contribution in [0.4, 0.5) is 92.2 Å². The first kappa shape index (κ1) is 54.2. The maximum absolute atomic E-state index is 14.3. The van der Waals surface area contributed by atoms with E-state index in [4.69, 9.17) is 14.2 Å². The van der Waals surface area contributed by atoms with Crippen molar-refractivity contribution in [3.63, 3.8) is 0 Å². The van der Waals surface area contributed by atoms with Crippen LogP contribution in [0.2, 0.25) is 0 Å². The van der Waals surface area contributed by atoms with E-state index in [2.05, 4.69) is 0 Å². The second-order valence-corrected chi connectivity index (χ2v) is 15.0. The van der Waals surface area contributed by atoms with Crippen molar-refractivity contribution in [1.82, 2.24) is 0 Å². The number of carbonyl (C=O) groups is 3. The Bertz CT molecular complexity index is 1430. The van der Waals surface area contributed by atoms with E-state index >= 15 is 0 Å². The number of alkyl halides is 21. The van der Waals surface area contributed by atoms with Gasteiger partial charge in [-0.2, -0.15) is 92.2 Å². The van der Waals surface area contributed by atoms with Gasteiger partial charge in [0.25, 0.3) is 0 Å². The Kier molecular flexibility index (Phi) is 14.9. The van der Waals surface area contributed by atoms with Gasteiger partial charge in [-0.15, -0.1) is 0 Å². The molecule has 0 atom stereocenters. The molecule has 0 rings (SSSR count). The number of allylic oxidation sites excluding steroid dienone is 6. The molecule has 0 aliphatic carbocycles. The van der Waals surface area contributed by atoms with E-state index in [1.54, 1.807) is 0 Å². The third-order valence-electron chi connectivity index (χ3n) is 6.85. The molecule has 0 radical (unpaired) electrons. The number of hydrogen-bond acceptors (Lipinski definition) is 6. The molecule has 0 saturated carbocycles. The molecule has 0 N–H and O–H groups in total. The topological polar surface area (TPSA) is 78.9 Å². The molecule has 0 amide bonds. The molecule has 0 heterocycles. The van der Waals surface area contributed by atoms with Crippen LogP contribution in [0.15, 0.2) is 35.5 Å². The zero-order chi connectivity index (χ0) is 47.3. The summed E-state index contributed by atoms with van der Waals surface area (Å²) in [4.78, 5) is 36.7. The first-order chi connectivity index (χ1) is 24.9. The van der Waals surface area contributed by atoms with E-state index in [1.165, 1.54) is 0 Å². The average molecular weight is 899 g/mol. The van der Waals surface area contributed by atoms with E-state index in [-0.39, 0.29) is 0 Å². The lowest BCUT2D eigenvalue weighted by Crippen LogP contribution is -2.56. The summed E-state index contributed by atoms with van der Waals surface area (Å²) < 4.78 is 297. The van der Waals surface area contributed by atoms with Crippen molar-refractivity contribution in [2.75, 3.05) is 0 Å². The first-order valence-corrected chi connectivity index (χ1v) is 15.1. The van der Waals surface area contributed by atoms with Crippen molar-refractivity contribution in [1.29, 1.82) is 0 Å². The monoisotopic (exact) mass is 898 g/mol. The predicted octanol–water partition coefficient (Wildman–Crippen LogP) is 11.3. The van der Waals surface area contributed by atoms with Gasteiger partial charge in [0, 0.05) is 34.5 Å². The van der Waals surface area contributed by atoms with Crippen molar-refractivity contribution in [3.05, 3.63) is 35.5 Å². The fourth-order valence-electron chi connectivity index (χ4n) is 3.29. The standard InChI is InChI=1S/C31H31F21O6/c1-20(2,3)16(10-13(53)23(32,33)26(38,39)29(44,45)46)56-19(57-17(21(4,5)6)11-14(54)24(34,35)27(40,41)30(47,48)49)58-18(22(7,8)9)12-15(55)25(36,37)28(42,43)31(50,51)52/h10-12,19H,1-9H3/b16-10-,17-11-,18-12+. The average Bonchev–Trinajstić information content (AvgIpc) is 2.95. The molecule has 0 aliphatic heterocycles. The minimum absolute atomic E-state index is 0.747. The number of rotatable bonds is 15. The number of carbonyl (C=O) groups excluding carboxylic acids is 3. The second-order valence-electron chi connectivity index (χ2n) is 15.0. The molecule has 6 nitrogen and oxygen atoms in total. The van der Waals surface area contributed by atoms with Crippen LogP contribution in [0.5, 0.6) is 0 Å². The smallest absolute Gasteiger partial charge is 0.427 e. The van der Waals surface area contributed by atoms with Gasteiger partial charge >= 0.3 is 60.5 Å². The van der Waals surface area contributed by atoms with E-state index in [0.29, 0.717) is 0 Å². The third-order valence-corrected chi connectivity index (χ3v) is 6.85. The minimum Gasteiger partial charge on any atom is -0.427 e. The van der Waals surface area contributed by atoms with Crippen molar-refractivity contribution in [2.45, 2.75) is 123 Å². The molecular weight excluding hydrogens is 867 g/mol. The molecule has 338 valence electrons. The second kappa shape index (κ2) is 16.0. The van der Waals surface area contributed by atoms with Gasteiger partial charge in [-0.25, -0.2) is 0 Å². The molecule has 0 saturated heterocycles. The molecule has 0 aliphatic rings. The summed E-state index contributed by atoms with van der Waals surface area (Å²) >= 11 is 0. The van der Waals surface area contributed by atoms with Crippen LogP contribution in [-0.2, 0) is 28.6 Å². The molecule has 0 aromatic heterocycles. The van der Waals surface area contributed by atoms with Crippen molar-refractivity contribution < 1.29 is 121 Å². The largest absolute Gasteiger partial charge is 0.460 e. The van der Waals surface area contributed by atoms with Crippen LogP contribution in [0, 0.1) is 16.2 Å². The van der Waals surface area contributed by atoms with Gasteiger partial charge in [-0.1, -0.05) is 62.3 Å². The molecule has 27 heteroatoms. The van der Waals surface area contributed by atoms with Gasteiger partial charge in [0.1, 0.15) is 17.3 Å². The van der Waals surface area contributed by atoms with Crippen molar-refractivity contribution in [2.24, 2.45) is 16.2 Å². The molecule has 0 fully saturated rings. The van der Waals surface area contributed by atoms with Crippen LogP contribution in [-0.4, -0.2) is 77.9 Å². The van der Waals surface area contributed by atoms with Crippen molar-refractivity contribution in [3.8, 4) is 0 Å². The molecule has 0 spiro atoms. The van der Waals surface area contributed by atoms with Gasteiger partial charge < -0.3 is 14.2 Å². The maximum Gasteiger partial charge on any atom is 0.460 e. The number of ketones is 3. The molecule has 58 heavy (non-hydrogen) atoms. The van der Waals surface area contributed by atoms with Gasteiger partial charge in [0.15, 0.2) is 0 Å². The molecule has 0 unspecified atom stereocenters. The summed E-state index contributed by atoms with van der Waals surface area (Å²) in [5.74, 6) is -57.0. The highest BCUT2D eigenvalue weighted by Crippen LogP contribution is 2.50. The van der Waals surface area contributed by atoms with E-state index in [1.807, 2.05) is 0 Å². The lowest BCUT2D eigenvalue weighted by atomic mass is 9.91. The molecular formula is C31H31F21O6. The van der Waals surface area contributed by atoms with Crippen molar-refractivity contribution >= 4 is 17.3 Å². The Labute approximate surface area is 313 Å². The zero-order valence-electron chi connectivity index (χ0n) is 30.7. The van der Waals surface area contributed by atoms with Gasteiger partial charge in [0.2, 0.25) is 17.3 Å².